The van der Waals surface area contributed by atoms with Crippen LogP contribution in [-0.2, 0) is 12.4 Å². The second kappa shape index (κ2) is 6.63. The number of fused-ring (bicyclic) bond motifs is 1. The van der Waals surface area contributed by atoms with E-state index in [1.807, 2.05) is 35.0 Å². The maximum absolute atomic E-state index is 6.08. The number of thiophene rings is 1. The molecule has 0 amide bonds. The lowest BCUT2D eigenvalue weighted by molar-refractivity contribution is 0.928. The van der Waals surface area contributed by atoms with Crippen molar-refractivity contribution in [1.29, 1.82) is 0 Å². The van der Waals surface area contributed by atoms with Crippen LogP contribution in [0.5, 0.6) is 0 Å². The molecule has 0 aliphatic heterocycles. The lowest BCUT2D eigenvalue weighted by Crippen LogP contribution is -2.04. The van der Waals surface area contributed by atoms with Gasteiger partial charge in [-0.05, 0) is 28.6 Å². The van der Waals surface area contributed by atoms with E-state index in [1.165, 1.54) is 4.88 Å². The molecule has 4 nitrogen and oxygen atoms in total. The van der Waals surface area contributed by atoms with E-state index in [0.29, 0.717) is 5.88 Å². The van der Waals surface area contributed by atoms with Gasteiger partial charge in [-0.1, -0.05) is 30.3 Å². The van der Waals surface area contributed by atoms with Crippen molar-refractivity contribution < 1.29 is 0 Å². The quantitative estimate of drug-likeness (QED) is 0.523. The van der Waals surface area contributed by atoms with Crippen molar-refractivity contribution in [1.82, 2.24) is 14.6 Å². The largest absolute Gasteiger partial charge is 0.365 e. The third-order valence-electron chi connectivity index (χ3n) is 3.88. The highest BCUT2D eigenvalue weighted by Crippen LogP contribution is 2.29. The van der Waals surface area contributed by atoms with Gasteiger partial charge in [-0.3, -0.25) is 0 Å². The maximum atomic E-state index is 6.08. The minimum absolute atomic E-state index is 0.462. The van der Waals surface area contributed by atoms with Gasteiger partial charge < -0.3 is 5.32 Å². The van der Waals surface area contributed by atoms with Gasteiger partial charge in [0.25, 0.3) is 0 Å². The highest BCUT2D eigenvalue weighted by Gasteiger charge is 2.13. The van der Waals surface area contributed by atoms with Crippen molar-refractivity contribution >= 4 is 34.4 Å². The van der Waals surface area contributed by atoms with Gasteiger partial charge in [0, 0.05) is 22.5 Å². The van der Waals surface area contributed by atoms with Crippen molar-refractivity contribution in [3.05, 3.63) is 70.7 Å². The highest BCUT2D eigenvalue weighted by molar-refractivity contribution is 7.09. The van der Waals surface area contributed by atoms with Crippen LogP contribution < -0.4 is 5.32 Å². The molecule has 0 aliphatic carbocycles. The highest BCUT2D eigenvalue weighted by atomic mass is 35.5. The van der Waals surface area contributed by atoms with Crippen LogP contribution in [0.1, 0.15) is 10.4 Å². The molecule has 0 spiro atoms. The van der Waals surface area contributed by atoms with Crippen LogP contribution in [0, 0.1) is 0 Å². The van der Waals surface area contributed by atoms with Crippen LogP contribution in [0.25, 0.3) is 16.8 Å². The molecule has 6 heteroatoms. The Kier molecular flexibility index (Phi) is 4.19. The fourth-order valence-corrected chi connectivity index (χ4v) is 3.58. The molecule has 1 aromatic carbocycles. The van der Waals surface area contributed by atoms with E-state index in [0.717, 1.165) is 34.7 Å². The zero-order valence-electron chi connectivity index (χ0n) is 12.8. The predicted octanol–water partition coefficient (Wildman–Crippen LogP) is 4.81. The summed E-state index contributed by atoms with van der Waals surface area (Å²) in [4.78, 5) is 5.80. The summed E-state index contributed by atoms with van der Waals surface area (Å²) in [6.07, 6.45) is 3.66. The number of benzene rings is 1. The van der Waals surface area contributed by atoms with Crippen LogP contribution in [0.2, 0.25) is 0 Å². The van der Waals surface area contributed by atoms with Crippen LogP contribution in [0.3, 0.4) is 0 Å². The fraction of sp³-hybridized carbons (Fsp3) is 0.111. The minimum atomic E-state index is 0.462. The topological polar surface area (TPSA) is 42.2 Å². The lowest BCUT2D eigenvalue weighted by Gasteiger charge is -2.08. The van der Waals surface area contributed by atoms with Gasteiger partial charge in [-0.25, -0.2) is 4.98 Å². The molecule has 0 saturated heterocycles. The molecular formula is C18H15ClN4S. The summed E-state index contributed by atoms with van der Waals surface area (Å²) in [6.45, 7) is 0.768. The average Bonchev–Trinajstić information content (AvgIpc) is 3.29. The summed E-state index contributed by atoms with van der Waals surface area (Å²) in [6, 6.07) is 14.2. The van der Waals surface area contributed by atoms with Crippen molar-refractivity contribution in [3.8, 4) is 11.1 Å². The van der Waals surface area contributed by atoms with E-state index in [-0.39, 0.29) is 0 Å². The van der Waals surface area contributed by atoms with Crippen molar-refractivity contribution in [2.75, 3.05) is 5.32 Å². The molecule has 0 saturated carbocycles. The summed E-state index contributed by atoms with van der Waals surface area (Å²) < 4.78 is 1.84. The predicted molar refractivity (Wildman–Crippen MR) is 99.6 cm³/mol. The lowest BCUT2D eigenvalue weighted by atomic mass is 10.0. The Labute approximate surface area is 148 Å². The Morgan fingerprint density at radius 2 is 2.00 bits per heavy atom. The molecule has 0 atom stereocenters. The number of alkyl halides is 1. The minimum Gasteiger partial charge on any atom is -0.365 e. The summed E-state index contributed by atoms with van der Waals surface area (Å²) in [5.74, 6) is 1.38. The SMILES string of the molecule is ClCc1ccccc1-c1cnn2c(NCc3cccs3)ccnc12. The first-order valence-electron chi connectivity index (χ1n) is 7.60. The van der Waals surface area contributed by atoms with Gasteiger partial charge >= 0.3 is 0 Å². The molecule has 0 fully saturated rings. The number of aromatic nitrogens is 3. The molecule has 0 aliphatic rings. The van der Waals surface area contributed by atoms with Crippen molar-refractivity contribution in [2.24, 2.45) is 0 Å². The van der Waals surface area contributed by atoms with E-state index in [2.05, 4.69) is 39.0 Å². The molecular weight excluding hydrogens is 340 g/mol. The summed E-state index contributed by atoms with van der Waals surface area (Å²) in [5.41, 5.74) is 3.97. The van der Waals surface area contributed by atoms with E-state index >= 15 is 0 Å². The zero-order valence-corrected chi connectivity index (χ0v) is 14.4. The first-order chi connectivity index (χ1) is 11.9. The number of nitrogens with zero attached hydrogens (tertiary/aromatic N) is 3. The summed E-state index contributed by atoms with van der Waals surface area (Å²) >= 11 is 7.81. The smallest absolute Gasteiger partial charge is 0.165 e. The second-order valence-electron chi connectivity index (χ2n) is 5.35. The van der Waals surface area contributed by atoms with E-state index < -0.39 is 0 Å². The molecule has 0 radical (unpaired) electrons. The maximum Gasteiger partial charge on any atom is 0.165 e. The standard InChI is InChI=1S/C18H15ClN4S/c19-10-13-4-1-2-6-15(13)16-12-22-23-17(7-8-20-18(16)23)21-11-14-5-3-9-24-14/h1-9,12,21H,10-11H2. The Morgan fingerprint density at radius 3 is 2.83 bits per heavy atom. The zero-order chi connectivity index (χ0) is 16.4. The molecule has 3 aromatic heterocycles. The number of anilines is 1. The van der Waals surface area contributed by atoms with Crippen molar-refractivity contribution in [3.63, 3.8) is 0 Å². The Hall–Kier alpha value is -2.37. The van der Waals surface area contributed by atoms with Gasteiger partial charge in [-0.15, -0.1) is 22.9 Å². The molecule has 120 valence electrons. The fourth-order valence-electron chi connectivity index (χ4n) is 2.71. The monoisotopic (exact) mass is 354 g/mol. The van der Waals surface area contributed by atoms with Gasteiger partial charge in [-0.2, -0.15) is 9.61 Å². The third kappa shape index (κ3) is 2.77. The number of nitrogens with one attached hydrogen (secondary N) is 1. The molecule has 3 heterocycles. The number of hydrogen-bond donors (Lipinski definition) is 1. The van der Waals surface area contributed by atoms with Gasteiger partial charge in [0.15, 0.2) is 5.65 Å². The van der Waals surface area contributed by atoms with Gasteiger partial charge in [0.05, 0.1) is 12.7 Å². The van der Waals surface area contributed by atoms with Crippen LogP contribution in [0.4, 0.5) is 5.82 Å². The number of hydrogen-bond acceptors (Lipinski definition) is 4. The van der Waals surface area contributed by atoms with Crippen LogP contribution in [0.15, 0.2) is 60.2 Å². The van der Waals surface area contributed by atoms with Gasteiger partial charge in [0.2, 0.25) is 0 Å². The Bertz CT molecular complexity index is 962. The summed E-state index contributed by atoms with van der Waals surface area (Å²) in [5, 5.41) is 10.0. The molecule has 4 rings (SSSR count). The molecule has 1 N–H and O–H groups in total. The molecule has 4 aromatic rings. The second-order valence-corrected chi connectivity index (χ2v) is 6.65. The molecule has 0 unspecified atom stereocenters. The Morgan fingerprint density at radius 1 is 1.08 bits per heavy atom. The summed E-state index contributed by atoms with van der Waals surface area (Å²) in [7, 11) is 0. The van der Waals surface area contributed by atoms with Gasteiger partial charge in [0.1, 0.15) is 5.82 Å². The third-order valence-corrected chi connectivity index (χ3v) is 5.04. The van der Waals surface area contributed by atoms with Crippen LogP contribution >= 0.6 is 22.9 Å². The number of halogens is 1. The van der Waals surface area contributed by atoms with Crippen LogP contribution in [-0.4, -0.2) is 14.6 Å². The van der Waals surface area contributed by atoms with E-state index in [9.17, 15) is 0 Å². The van der Waals surface area contributed by atoms with E-state index in [1.54, 1.807) is 17.5 Å². The first kappa shape index (κ1) is 15.2. The normalized spacial score (nSPS) is 11.0. The Balaban J connectivity index is 1.73. The van der Waals surface area contributed by atoms with E-state index in [4.69, 9.17) is 11.6 Å². The average molecular weight is 355 g/mol. The first-order valence-corrected chi connectivity index (χ1v) is 9.01. The van der Waals surface area contributed by atoms with Crippen molar-refractivity contribution in [2.45, 2.75) is 12.4 Å². The molecule has 24 heavy (non-hydrogen) atoms. The number of rotatable bonds is 5. The molecule has 0 bridgehead atoms.